The SMILES string of the molecule is C[C@@]1(C(=O)O)Oc2cc([N+](=O)[O-])ccc2NC1=O. The Labute approximate surface area is 100 Å². The molecule has 0 bridgehead atoms. The van der Waals surface area contributed by atoms with Crippen LogP contribution in [0.4, 0.5) is 11.4 Å². The van der Waals surface area contributed by atoms with Crippen LogP contribution < -0.4 is 10.1 Å². The maximum Gasteiger partial charge on any atom is 0.357 e. The predicted molar refractivity (Wildman–Crippen MR) is 58.4 cm³/mol. The van der Waals surface area contributed by atoms with Crippen molar-refractivity contribution >= 4 is 23.3 Å². The van der Waals surface area contributed by atoms with Crippen LogP contribution in [0.3, 0.4) is 0 Å². The molecule has 18 heavy (non-hydrogen) atoms. The summed E-state index contributed by atoms with van der Waals surface area (Å²) in [5.41, 5.74) is -2.15. The summed E-state index contributed by atoms with van der Waals surface area (Å²) in [6.07, 6.45) is 0. The molecule has 1 atom stereocenters. The number of carboxylic acid groups (broad SMARTS) is 1. The van der Waals surface area contributed by atoms with Crippen molar-refractivity contribution in [2.45, 2.75) is 12.5 Å². The summed E-state index contributed by atoms with van der Waals surface area (Å²) >= 11 is 0. The topological polar surface area (TPSA) is 119 Å². The van der Waals surface area contributed by atoms with Crippen molar-refractivity contribution in [1.82, 2.24) is 0 Å². The molecule has 2 N–H and O–H groups in total. The summed E-state index contributed by atoms with van der Waals surface area (Å²) in [5.74, 6) is -2.36. The maximum absolute atomic E-state index is 11.6. The van der Waals surface area contributed by atoms with E-state index in [2.05, 4.69) is 5.32 Å². The molecule has 94 valence electrons. The third-order valence-electron chi connectivity index (χ3n) is 2.58. The average Bonchev–Trinajstić information content (AvgIpc) is 2.29. The van der Waals surface area contributed by atoms with E-state index in [4.69, 9.17) is 9.84 Å². The Morgan fingerprint density at radius 1 is 1.56 bits per heavy atom. The van der Waals surface area contributed by atoms with Gasteiger partial charge in [-0.3, -0.25) is 14.9 Å². The monoisotopic (exact) mass is 252 g/mol. The number of non-ortho nitro benzene ring substituents is 1. The van der Waals surface area contributed by atoms with Crippen LogP contribution in [0, 0.1) is 10.1 Å². The minimum atomic E-state index is -2.10. The number of carbonyl (C=O) groups excluding carboxylic acids is 1. The summed E-state index contributed by atoms with van der Waals surface area (Å²) in [7, 11) is 0. The first-order valence-electron chi connectivity index (χ1n) is 4.87. The third-order valence-corrected chi connectivity index (χ3v) is 2.58. The van der Waals surface area contributed by atoms with E-state index in [0.29, 0.717) is 0 Å². The lowest BCUT2D eigenvalue weighted by molar-refractivity contribution is -0.385. The highest BCUT2D eigenvalue weighted by atomic mass is 16.6. The number of nitrogens with one attached hydrogen (secondary N) is 1. The first kappa shape index (κ1) is 11.8. The highest BCUT2D eigenvalue weighted by molar-refractivity contribution is 6.13. The normalized spacial score (nSPS) is 21.5. The first-order valence-corrected chi connectivity index (χ1v) is 4.87. The Bertz CT molecular complexity index is 569. The zero-order valence-corrected chi connectivity index (χ0v) is 9.17. The van der Waals surface area contributed by atoms with Crippen LogP contribution in [0.5, 0.6) is 5.75 Å². The number of nitrogens with zero attached hydrogens (tertiary/aromatic N) is 1. The van der Waals surface area contributed by atoms with E-state index >= 15 is 0 Å². The van der Waals surface area contributed by atoms with Crippen LogP contribution in [-0.2, 0) is 9.59 Å². The Hall–Kier alpha value is -2.64. The van der Waals surface area contributed by atoms with E-state index in [1.807, 2.05) is 0 Å². The molecule has 0 saturated carbocycles. The standard InChI is InChI=1S/C10H8N2O6/c1-10(9(14)15)8(13)11-6-3-2-5(12(16)17)4-7(6)18-10/h2-4H,1H3,(H,11,13)(H,14,15)/t10-/m1/s1. The van der Waals surface area contributed by atoms with Crippen molar-refractivity contribution in [1.29, 1.82) is 0 Å². The molecule has 0 aliphatic carbocycles. The fraction of sp³-hybridized carbons (Fsp3) is 0.200. The van der Waals surface area contributed by atoms with Gasteiger partial charge in [0.15, 0.2) is 5.75 Å². The number of carbonyl (C=O) groups is 2. The van der Waals surface area contributed by atoms with Crippen molar-refractivity contribution in [2.24, 2.45) is 0 Å². The van der Waals surface area contributed by atoms with E-state index in [1.165, 1.54) is 12.1 Å². The van der Waals surface area contributed by atoms with Crippen molar-refractivity contribution in [3.8, 4) is 5.75 Å². The zero-order chi connectivity index (χ0) is 13.5. The number of hydrogen-bond donors (Lipinski definition) is 2. The molecular weight excluding hydrogens is 244 g/mol. The van der Waals surface area contributed by atoms with Gasteiger partial charge in [0.2, 0.25) is 0 Å². The number of anilines is 1. The summed E-state index contributed by atoms with van der Waals surface area (Å²) in [4.78, 5) is 32.5. The Morgan fingerprint density at radius 2 is 2.22 bits per heavy atom. The molecule has 0 unspecified atom stereocenters. The third kappa shape index (κ3) is 1.63. The van der Waals surface area contributed by atoms with E-state index in [-0.39, 0.29) is 17.1 Å². The van der Waals surface area contributed by atoms with Gasteiger partial charge < -0.3 is 15.2 Å². The van der Waals surface area contributed by atoms with Gasteiger partial charge in [0, 0.05) is 6.07 Å². The number of benzene rings is 1. The van der Waals surface area contributed by atoms with E-state index in [1.54, 1.807) is 0 Å². The molecule has 2 rings (SSSR count). The number of aliphatic carboxylic acids is 1. The van der Waals surface area contributed by atoms with Gasteiger partial charge in [0.05, 0.1) is 16.7 Å². The maximum atomic E-state index is 11.6. The summed E-state index contributed by atoms with van der Waals surface area (Å²) in [6.45, 7) is 1.08. The van der Waals surface area contributed by atoms with Gasteiger partial charge in [-0.15, -0.1) is 0 Å². The summed E-state index contributed by atoms with van der Waals surface area (Å²) in [6, 6.07) is 3.54. The van der Waals surface area contributed by atoms with Crippen molar-refractivity contribution in [3.63, 3.8) is 0 Å². The Balaban J connectivity index is 2.48. The Morgan fingerprint density at radius 3 is 2.78 bits per heavy atom. The molecule has 0 spiro atoms. The predicted octanol–water partition coefficient (Wildman–Crippen LogP) is 0.769. The smallest absolute Gasteiger partial charge is 0.357 e. The number of carboxylic acids is 1. The number of nitro groups is 1. The van der Waals surface area contributed by atoms with Crippen molar-refractivity contribution in [3.05, 3.63) is 28.3 Å². The molecular formula is C10H8N2O6. The second kappa shape index (κ2) is 3.69. The Kier molecular flexibility index (Phi) is 2.43. The molecule has 0 fully saturated rings. The van der Waals surface area contributed by atoms with Crippen LogP contribution in [-0.4, -0.2) is 27.5 Å². The fourth-order valence-electron chi connectivity index (χ4n) is 1.46. The molecule has 1 aromatic carbocycles. The van der Waals surface area contributed by atoms with Gasteiger partial charge in [-0.2, -0.15) is 0 Å². The molecule has 0 aromatic heterocycles. The lowest BCUT2D eigenvalue weighted by Gasteiger charge is -2.30. The molecule has 8 nitrogen and oxygen atoms in total. The van der Waals surface area contributed by atoms with Gasteiger partial charge in [0.25, 0.3) is 17.2 Å². The number of amides is 1. The highest BCUT2D eigenvalue weighted by Crippen LogP contribution is 2.36. The van der Waals surface area contributed by atoms with E-state index < -0.39 is 22.4 Å². The number of fused-ring (bicyclic) bond motifs is 1. The number of hydrogen-bond acceptors (Lipinski definition) is 5. The highest BCUT2D eigenvalue weighted by Gasteiger charge is 2.47. The van der Waals surface area contributed by atoms with Crippen LogP contribution >= 0.6 is 0 Å². The van der Waals surface area contributed by atoms with Crippen molar-refractivity contribution in [2.75, 3.05) is 5.32 Å². The van der Waals surface area contributed by atoms with Crippen LogP contribution in [0.25, 0.3) is 0 Å². The minimum Gasteiger partial charge on any atom is -0.478 e. The van der Waals surface area contributed by atoms with Crippen molar-refractivity contribution < 1.29 is 24.4 Å². The summed E-state index contributed by atoms with van der Waals surface area (Å²) in [5, 5.41) is 21.9. The van der Waals surface area contributed by atoms with Gasteiger partial charge in [-0.1, -0.05) is 0 Å². The van der Waals surface area contributed by atoms with Gasteiger partial charge in [-0.25, -0.2) is 4.79 Å². The van der Waals surface area contributed by atoms with Gasteiger partial charge in [-0.05, 0) is 13.0 Å². The lowest BCUT2D eigenvalue weighted by atomic mass is 10.0. The molecule has 1 amide bonds. The molecule has 1 heterocycles. The zero-order valence-electron chi connectivity index (χ0n) is 9.17. The minimum absolute atomic E-state index is 0.0475. The van der Waals surface area contributed by atoms with Gasteiger partial charge >= 0.3 is 5.97 Å². The molecule has 0 saturated heterocycles. The van der Waals surface area contributed by atoms with E-state index in [9.17, 15) is 19.7 Å². The second-order valence-corrected chi connectivity index (χ2v) is 3.83. The lowest BCUT2D eigenvalue weighted by Crippen LogP contribution is -2.54. The van der Waals surface area contributed by atoms with Gasteiger partial charge in [0.1, 0.15) is 0 Å². The number of ether oxygens (including phenoxy) is 1. The molecule has 1 aliphatic rings. The number of nitro benzene ring substituents is 1. The molecule has 1 aliphatic heterocycles. The molecule has 1 aromatic rings. The molecule has 0 radical (unpaired) electrons. The second-order valence-electron chi connectivity index (χ2n) is 3.83. The summed E-state index contributed by atoms with van der Waals surface area (Å²) < 4.78 is 5.07. The van der Waals surface area contributed by atoms with Crippen LogP contribution in [0.2, 0.25) is 0 Å². The van der Waals surface area contributed by atoms with Crippen LogP contribution in [0.15, 0.2) is 18.2 Å². The average molecular weight is 252 g/mol. The van der Waals surface area contributed by atoms with Crippen LogP contribution in [0.1, 0.15) is 6.92 Å². The quantitative estimate of drug-likeness (QED) is 0.455. The number of rotatable bonds is 2. The molecule has 8 heteroatoms. The first-order chi connectivity index (χ1) is 8.34. The van der Waals surface area contributed by atoms with E-state index in [0.717, 1.165) is 13.0 Å². The fourth-order valence-corrected chi connectivity index (χ4v) is 1.46. The largest absolute Gasteiger partial charge is 0.478 e.